The van der Waals surface area contributed by atoms with Crippen molar-refractivity contribution in [2.24, 2.45) is 5.73 Å². The van der Waals surface area contributed by atoms with E-state index in [2.05, 4.69) is 10.3 Å². The molecule has 2 aromatic carbocycles. The summed E-state index contributed by atoms with van der Waals surface area (Å²) in [4.78, 5) is 16.9. The monoisotopic (exact) mass is 576 g/mol. The molecular weight excluding hydrogens is 555 g/mol. The average molecular weight is 577 g/mol. The largest absolute Gasteiger partial charge is 0.417 e. The molecule has 0 fully saturated rings. The number of benzene rings is 2. The molecule has 0 saturated heterocycles. The second-order valence-electron chi connectivity index (χ2n) is 9.43. The molecule has 0 radical (unpaired) electrons. The van der Waals surface area contributed by atoms with Crippen LogP contribution in [-0.2, 0) is 19.1 Å². The molecule has 0 atom stereocenters. The van der Waals surface area contributed by atoms with Crippen LogP contribution in [-0.4, -0.2) is 27.3 Å². The summed E-state index contributed by atoms with van der Waals surface area (Å²) in [6.07, 6.45) is -3.57. The highest BCUT2D eigenvalue weighted by Crippen LogP contribution is 2.40. The standard InChI is InChI=1S/C27H22ClF5N6O/c1-13-4-3-5-14(2)23(13)39-24(16-9-20(30)22(10-19(16)29)36-26(34)40)17-12-38(7-6-21(17)37-39)25-18(28)8-15(11-35-25)27(31,32)33/h3-5,8-11H,6-7,12H2,1-2H3,(H3,34,36,40). The normalized spacial score (nSPS) is 13.3. The van der Waals surface area contributed by atoms with Gasteiger partial charge < -0.3 is 16.0 Å². The van der Waals surface area contributed by atoms with Crippen LogP contribution in [0.5, 0.6) is 0 Å². The summed E-state index contributed by atoms with van der Waals surface area (Å²) >= 11 is 6.22. The van der Waals surface area contributed by atoms with E-state index in [1.165, 1.54) is 0 Å². The summed E-state index contributed by atoms with van der Waals surface area (Å²) in [6.45, 7) is 4.12. The molecule has 0 saturated carbocycles. The molecule has 13 heteroatoms. The fraction of sp³-hybridized carbons (Fsp3) is 0.222. The van der Waals surface area contributed by atoms with Crippen molar-refractivity contribution in [2.75, 3.05) is 16.8 Å². The molecule has 3 heterocycles. The Morgan fingerprint density at radius 3 is 2.42 bits per heavy atom. The Hall–Kier alpha value is -4.19. The molecular formula is C27H22ClF5N6O. The van der Waals surface area contributed by atoms with Crippen LogP contribution in [0.3, 0.4) is 0 Å². The van der Waals surface area contributed by atoms with E-state index >= 15 is 8.78 Å². The molecule has 40 heavy (non-hydrogen) atoms. The Bertz CT molecular complexity index is 1630. The van der Waals surface area contributed by atoms with Crippen LogP contribution in [0.25, 0.3) is 16.9 Å². The minimum Gasteiger partial charge on any atom is -0.351 e. The maximum atomic E-state index is 15.6. The Kier molecular flexibility index (Phi) is 6.90. The predicted molar refractivity (Wildman–Crippen MR) is 141 cm³/mol. The molecule has 4 aromatic rings. The molecule has 2 aromatic heterocycles. The van der Waals surface area contributed by atoms with Crippen LogP contribution in [0.15, 0.2) is 42.6 Å². The number of nitrogens with two attached hydrogens (primary N) is 1. The van der Waals surface area contributed by atoms with Crippen molar-refractivity contribution in [2.45, 2.75) is 33.0 Å². The summed E-state index contributed by atoms with van der Waals surface area (Å²) in [7, 11) is 0. The molecule has 7 nitrogen and oxygen atoms in total. The van der Waals surface area contributed by atoms with Crippen LogP contribution >= 0.6 is 11.6 Å². The summed E-state index contributed by atoms with van der Waals surface area (Å²) in [5.74, 6) is -1.64. The third-order valence-corrected chi connectivity index (χ3v) is 6.98. The van der Waals surface area contributed by atoms with E-state index in [4.69, 9.17) is 22.4 Å². The van der Waals surface area contributed by atoms with Crippen molar-refractivity contribution in [3.63, 3.8) is 0 Å². The van der Waals surface area contributed by atoms with Gasteiger partial charge in [-0.1, -0.05) is 29.8 Å². The Morgan fingerprint density at radius 1 is 1.10 bits per heavy atom. The molecule has 1 aliphatic heterocycles. The summed E-state index contributed by atoms with van der Waals surface area (Å²) in [6, 6.07) is 7.12. The average Bonchev–Trinajstić information content (AvgIpc) is 3.23. The number of carbonyl (C=O) groups excluding carboxylic acids is 1. The summed E-state index contributed by atoms with van der Waals surface area (Å²) < 4.78 is 71.7. The number of fused-ring (bicyclic) bond motifs is 1. The molecule has 3 N–H and O–H groups in total. The van der Waals surface area contributed by atoms with Gasteiger partial charge in [0.1, 0.15) is 17.5 Å². The van der Waals surface area contributed by atoms with Gasteiger partial charge in [0.05, 0.1) is 33.3 Å². The smallest absolute Gasteiger partial charge is 0.351 e. The number of alkyl halides is 3. The van der Waals surface area contributed by atoms with E-state index in [9.17, 15) is 18.0 Å². The first-order valence-electron chi connectivity index (χ1n) is 12.1. The maximum Gasteiger partial charge on any atom is 0.417 e. The van der Waals surface area contributed by atoms with Gasteiger partial charge in [-0.2, -0.15) is 18.3 Å². The Morgan fingerprint density at radius 2 is 1.80 bits per heavy atom. The van der Waals surface area contributed by atoms with Crippen molar-refractivity contribution in [3.05, 3.63) is 87.2 Å². The first kappa shape index (κ1) is 27.4. The highest BCUT2D eigenvalue weighted by atomic mass is 35.5. The van der Waals surface area contributed by atoms with Crippen molar-refractivity contribution in [3.8, 4) is 16.9 Å². The molecule has 0 spiro atoms. The van der Waals surface area contributed by atoms with E-state index in [1.807, 2.05) is 32.0 Å². The van der Waals surface area contributed by atoms with Gasteiger partial charge in [0, 0.05) is 42.9 Å². The number of halogens is 6. The molecule has 5 rings (SSSR count). The van der Waals surface area contributed by atoms with Gasteiger partial charge in [-0.15, -0.1) is 0 Å². The van der Waals surface area contributed by atoms with Crippen molar-refractivity contribution >= 4 is 29.1 Å². The predicted octanol–water partition coefficient (Wildman–Crippen LogP) is 6.55. The van der Waals surface area contributed by atoms with Crippen molar-refractivity contribution in [1.29, 1.82) is 0 Å². The van der Waals surface area contributed by atoms with Gasteiger partial charge in [0.2, 0.25) is 0 Å². The number of para-hydroxylation sites is 1. The lowest BCUT2D eigenvalue weighted by molar-refractivity contribution is -0.137. The lowest BCUT2D eigenvalue weighted by Crippen LogP contribution is -2.31. The first-order valence-corrected chi connectivity index (χ1v) is 12.4. The number of aromatic nitrogens is 3. The number of carbonyl (C=O) groups is 1. The quantitative estimate of drug-likeness (QED) is 0.270. The van der Waals surface area contributed by atoms with Gasteiger partial charge in [-0.3, -0.25) is 0 Å². The van der Waals surface area contributed by atoms with Gasteiger partial charge in [-0.05, 0) is 37.1 Å². The van der Waals surface area contributed by atoms with E-state index in [0.717, 1.165) is 29.3 Å². The van der Waals surface area contributed by atoms with Crippen LogP contribution in [0.2, 0.25) is 5.02 Å². The number of nitrogens with one attached hydrogen (secondary N) is 1. The first-order chi connectivity index (χ1) is 18.8. The zero-order chi connectivity index (χ0) is 28.9. The molecule has 2 amide bonds. The number of rotatable bonds is 4. The minimum atomic E-state index is -4.61. The third-order valence-electron chi connectivity index (χ3n) is 6.70. The van der Waals surface area contributed by atoms with Crippen LogP contribution in [0, 0.1) is 25.5 Å². The zero-order valence-electron chi connectivity index (χ0n) is 21.2. The van der Waals surface area contributed by atoms with Crippen LogP contribution in [0.4, 0.5) is 38.3 Å². The third kappa shape index (κ3) is 4.94. The zero-order valence-corrected chi connectivity index (χ0v) is 22.0. The number of nitrogens with zero attached hydrogens (tertiary/aromatic N) is 4. The Labute approximate surface area is 230 Å². The lowest BCUT2D eigenvalue weighted by Gasteiger charge is -2.29. The van der Waals surface area contributed by atoms with Crippen molar-refractivity contribution < 1.29 is 26.7 Å². The fourth-order valence-corrected chi connectivity index (χ4v) is 5.19. The van der Waals surface area contributed by atoms with Crippen LogP contribution < -0.4 is 16.0 Å². The topological polar surface area (TPSA) is 89.1 Å². The number of amides is 2. The number of hydrogen-bond donors (Lipinski definition) is 2. The number of aryl methyl sites for hydroxylation is 2. The molecule has 0 unspecified atom stereocenters. The summed E-state index contributed by atoms with van der Waals surface area (Å²) in [5.41, 5.74) is 7.26. The van der Waals surface area contributed by atoms with Gasteiger partial charge in [0.15, 0.2) is 0 Å². The number of urea groups is 1. The number of hydrogen-bond acceptors (Lipinski definition) is 4. The van der Waals surface area contributed by atoms with Crippen molar-refractivity contribution in [1.82, 2.24) is 14.8 Å². The molecule has 0 bridgehead atoms. The highest BCUT2D eigenvalue weighted by molar-refractivity contribution is 6.33. The fourth-order valence-electron chi connectivity index (χ4n) is 4.91. The lowest BCUT2D eigenvalue weighted by atomic mass is 9.99. The molecule has 208 valence electrons. The van der Waals surface area contributed by atoms with Gasteiger partial charge >= 0.3 is 12.2 Å². The number of primary amides is 1. The minimum absolute atomic E-state index is 0.0655. The van der Waals surface area contributed by atoms with E-state index in [1.54, 1.807) is 9.58 Å². The summed E-state index contributed by atoms with van der Waals surface area (Å²) in [5, 5.41) is 6.63. The second-order valence-corrected chi connectivity index (χ2v) is 9.83. The van der Waals surface area contributed by atoms with Crippen LogP contribution in [0.1, 0.15) is 27.9 Å². The highest BCUT2D eigenvalue weighted by Gasteiger charge is 2.34. The van der Waals surface area contributed by atoms with E-state index in [-0.39, 0.29) is 28.6 Å². The van der Waals surface area contributed by atoms with Gasteiger partial charge in [0.25, 0.3) is 0 Å². The molecule has 1 aliphatic rings. The second kappa shape index (κ2) is 10.1. The molecule has 0 aliphatic carbocycles. The van der Waals surface area contributed by atoms with E-state index < -0.39 is 35.1 Å². The SMILES string of the molecule is Cc1cccc(C)c1-n1nc2c(c1-c1cc(F)c(NC(N)=O)cc1F)CN(c1ncc(C(F)(F)F)cc1Cl)CC2. The number of pyridine rings is 1. The Balaban J connectivity index is 1.68. The number of anilines is 2. The van der Waals surface area contributed by atoms with E-state index in [0.29, 0.717) is 36.1 Å². The van der Waals surface area contributed by atoms with Gasteiger partial charge in [-0.25, -0.2) is 23.2 Å². The maximum absolute atomic E-state index is 15.6.